The molecule has 13 nitrogen and oxygen atoms in total. The summed E-state index contributed by atoms with van der Waals surface area (Å²) in [5.74, 6) is 5.55. The Labute approximate surface area is 347 Å². The quantitative estimate of drug-likeness (QED) is 0.271. The number of hydrogen-bond acceptors (Lipinski definition) is 10. The lowest BCUT2D eigenvalue weighted by atomic mass is 9.49. The van der Waals surface area contributed by atoms with E-state index in [1.165, 1.54) is 0 Å². The smallest absolute Gasteiger partial charge is 0.262 e. The predicted octanol–water partition coefficient (Wildman–Crippen LogP) is 4.80. The van der Waals surface area contributed by atoms with Crippen LogP contribution in [0.15, 0.2) is 48.5 Å². The van der Waals surface area contributed by atoms with E-state index in [1.54, 1.807) is 30.3 Å². The normalized spacial score (nSPS) is 25.1. The zero-order valence-corrected chi connectivity index (χ0v) is 34.1. The highest BCUT2D eigenvalue weighted by atomic mass is 35.5. The molecule has 6 aliphatic rings. The topological polar surface area (TPSA) is 156 Å². The number of anilines is 1. The summed E-state index contributed by atoms with van der Waals surface area (Å²) >= 11 is 6.28. The van der Waals surface area contributed by atoms with Gasteiger partial charge in [0.1, 0.15) is 29.7 Å². The molecule has 302 valence electrons. The minimum Gasteiger partial charge on any atom is -0.489 e. The zero-order valence-electron chi connectivity index (χ0n) is 33.4. The Morgan fingerprint density at radius 3 is 2.27 bits per heavy atom. The number of imide groups is 2. The molecule has 4 fully saturated rings. The Kier molecular flexibility index (Phi) is 9.33. The average molecular weight is 814 g/mol. The molecule has 1 atom stereocenters. The highest BCUT2D eigenvalue weighted by Gasteiger charge is 2.67. The molecule has 5 amide bonds. The van der Waals surface area contributed by atoms with Gasteiger partial charge < -0.3 is 14.5 Å². The minimum absolute atomic E-state index is 0.0313. The summed E-state index contributed by atoms with van der Waals surface area (Å²) in [7, 11) is 0. The number of likely N-dealkylation sites (tertiary alicyclic amines) is 1. The number of carbonyl (C=O) groups is 5. The van der Waals surface area contributed by atoms with E-state index < -0.39 is 29.7 Å². The second-order valence-electron chi connectivity index (χ2n) is 17.7. The van der Waals surface area contributed by atoms with Crippen molar-refractivity contribution >= 4 is 46.8 Å². The Bertz CT molecular complexity index is 2440. The molecule has 6 heterocycles. The van der Waals surface area contributed by atoms with E-state index in [0.29, 0.717) is 45.7 Å². The second-order valence-corrected chi connectivity index (χ2v) is 18.1. The number of ether oxygens (including phenoxy) is 1. The van der Waals surface area contributed by atoms with Crippen LogP contribution in [0.5, 0.6) is 5.75 Å². The number of nitrogens with zero attached hydrogens (tertiary/aromatic N) is 6. The molecule has 1 saturated carbocycles. The number of piperidine rings is 2. The van der Waals surface area contributed by atoms with Crippen LogP contribution in [0.25, 0.3) is 0 Å². The van der Waals surface area contributed by atoms with Gasteiger partial charge in [0.15, 0.2) is 0 Å². The Hall–Kier alpha value is -5.76. The molecule has 1 aromatic heterocycles. The van der Waals surface area contributed by atoms with Gasteiger partial charge in [0.2, 0.25) is 11.8 Å². The lowest BCUT2D eigenvalue weighted by molar-refractivity contribution is -0.199. The summed E-state index contributed by atoms with van der Waals surface area (Å²) in [6, 6.07) is 15.4. The number of benzene rings is 2. The molecular weight excluding hydrogens is 770 g/mol. The van der Waals surface area contributed by atoms with Crippen molar-refractivity contribution < 1.29 is 28.7 Å². The van der Waals surface area contributed by atoms with Crippen molar-refractivity contribution in [3.8, 4) is 23.7 Å². The second kappa shape index (κ2) is 14.2. The molecule has 9 rings (SSSR count). The van der Waals surface area contributed by atoms with Crippen molar-refractivity contribution in [3.05, 3.63) is 87.2 Å². The third-order valence-corrected chi connectivity index (χ3v) is 13.6. The van der Waals surface area contributed by atoms with E-state index in [9.17, 15) is 29.2 Å². The van der Waals surface area contributed by atoms with Crippen molar-refractivity contribution in [2.24, 2.45) is 16.7 Å². The van der Waals surface area contributed by atoms with Crippen molar-refractivity contribution in [2.75, 3.05) is 31.1 Å². The Morgan fingerprint density at radius 2 is 1.58 bits per heavy atom. The lowest BCUT2D eigenvalue weighted by Crippen LogP contribution is -2.74. The summed E-state index contributed by atoms with van der Waals surface area (Å²) in [4.78, 5) is 76.7. The fourth-order valence-corrected chi connectivity index (χ4v) is 10.8. The number of fused-ring (bicyclic) bond motifs is 2. The molecule has 2 aromatic carbocycles. The summed E-state index contributed by atoms with van der Waals surface area (Å²) in [6.45, 7) is 12.3. The number of aromatic nitrogens is 1. The summed E-state index contributed by atoms with van der Waals surface area (Å²) in [6.07, 6.45) is 1.89. The number of pyridine rings is 1. The molecule has 5 aliphatic heterocycles. The molecule has 1 aliphatic carbocycles. The Morgan fingerprint density at radius 1 is 0.864 bits per heavy atom. The molecule has 14 heteroatoms. The van der Waals surface area contributed by atoms with Crippen molar-refractivity contribution in [3.63, 3.8) is 0 Å². The maximum atomic E-state index is 13.8. The van der Waals surface area contributed by atoms with Crippen LogP contribution in [0.3, 0.4) is 0 Å². The number of carbonyl (C=O) groups excluding carboxylic acids is 5. The van der Waals surface area contributed by atoms with E-state index in [0.717, 1.165) is 55.3 Å². The van der Waals surface area contributed by atoms with Crippen molar-refractivity contribution in [2.45, 2.75) is 84.2 Å². The van der Waals surface area contributed by atoms with E-state index >= 15 is 0 Å². The lowest BCUT2D eigenvalue weighted by Gasteiger charge is -2.65. The first-order valence-electron chi connectivity index (χ1n) is 20.2. The van der Waals surface area contributed by atoms with Crippen LogP contribution in [-0.4, -0.2) is 99.6 Å². The van der Waals surface area contributed by atoms with Crippen LogP contribution < -0.4 is 15.0 Å². The highest BCUT2D eigenvalue weighted by molar-refractivity contribution is 6.31. The van der Waals surface area contributed by atoms with Crippen molar-refractivity contribution in [1.82, 2.24) is 25.0 Å². The highest BCUT2D eigenvalue weighted by Crippen LogP contribution is 2.59. The van der Waals surface area contributed by atoms with Gasteiger partial charge in [-0.15, -0.1) is 0 Å². The molecule has 0 bridgehead atoms. The van der Waals surface area contributed by atoms with Gasteiger partial charge in [-0.3, -0.25) is 39.1 Å². The third kappa shape index (κ3) is 6.43. The van der Waals surface area contributed by atoms with Gasteiger partial charge >= 0.3 is 0 Å². The largest absolute Gasteiger partial charge is 0.489 e. The fraction of sp³-hybridized carbons (Fsp3) is 0.444. The van der Waals surface area contributed by atoms with Crippen molar-refractivity contribution in [1.29, 1.82) is 5.26 Å². The third-order valence-electron chi connectivity index (χ3n) is 13.3. The number of halogens is 1. The molecule has 59 heavy (non-hydrogen) atoms. The number of amides is 5. The van der Waals surface area contributed by atoms with Gasteiger partial charge in [0.25, 0.3) is 17.7 Å². The van der Waals surface area contributed by atoms with E-state index in [-0.39, 0.29) is 53.2 Å². The van der Waals surface area contributed by atoms with Gasteiger partial charge in [-0.25, -0.2) is 4.98 Å². The van der Waals surface area contributed by atoms with Crippen LogP contribution >= 0.6 is 11.6 Å². The maximum Gasteiger partial charge on any atom is 0.262 e. The first kappa shape index (κ1) is 38.7. The van der Waals surface area contributed by atoms with E-state index in [4.69, 9.17) is 21.3 Å². The number of nitrogens with one attached hydrogen (secondary N) is 1. The summed E-state index contributed by atoms with van der Waals surface area (Å²) in [5, 5.41) is 11.8. The predicted molar refractivity (Wildman–Crippen MR) is 216 cm³/mol. The van der Waals surface area contributed by atoms with Crippen LogP contribution in [0, 0.1) is 39.9 Å². The SMILES string of the molecule is CC1(C)[C@H](Oc2ccc(C#N)c(Cl)c2)C(C)(C)[C@H]1N1Cc2nc(C#CC3CCN(C4CN(c5ccc6c(c5)C(=O)N(C5CCC(=O)NC5=O)C6=O)C4)CC3)ccc2C1=O. The first-order valence-corrected chi connectivity index (χ1v) is 20.6. The standard InChI is InChI=1S/C45H44ClN7O6/c1-44(2)42(45(3,4)43(44)59-30-10-6-26(21-47)34(46)20-30)52-24-35-32(39(52)56)11-8-27(48-35)7-5-25-15-17-50(18-16-25)29-22-51(23-29)28-9-12-31-33(19-28)41(58)53(40(31)57)36-13-14-37(54)49-38(36)55/h6,8-12,19-20,25,29,36,42-43H,13-18,22-24H2,1-4H3,(H,49,54,55)/t36?,42-,43-. The fourth-order valence-electron chi connectivity index (χ4n) is 10.6. The van der Waals surface area contributed by atoms with E-state index in [1.807, 2.05) is 23.1 Å². The molecular formula is C45H44ClN7O6. The first-order chi connectivity index (χ1) is 28.1. The van der Waals surface area contributed by atoms with E-state index in [2.05, 4.69) is 60.7 Å². The summed E-state index contributed by atoms with van der Waals surface area (Å²) < 4.78 is 6.46. The maximum absolute atomic E-state index is 13.8. The Balaban J connectivity index is 0.777. The van der Waals surface area contributed by atoms with Crippen LogP contribution in [0.2, 0.25) is 5.02 Å². The van der Waals surface area contributed by atoms with Gasteiger partial charge in [-0.2, -0.15) is 5.26 Å². The molecule has 1 N–H and O–H groups in total. The number of hydrogen-bond donors (Lipinski definition) is 1. The molecule has 3 saturated heterocycles. The van der Waals surface area contributed by atoms with Crippen LogP contribution in [0.4, 0.5) is 5.69 Å². The molecule has 3 aromatic rings. The molecule has 0 radical (unpaired) electrons. The minimum atomic E-state index is -0.983. The monoisotopic (exact) mass is 813 g/mol. The van der Waals surface area contributed by atoms with Crippen LogP contribution in [-0.2, 0) is 16.1 Å². The number of rotatable bonds is 6. The zero-order chi connectivity index (χ0) is 41.5. The van der Waals surface area contributed by atoms with Gasteiger partial charge in [0, 0.05) is 60.1 Å². The van der Waals surface area contributed by atoms with Gasteiger partial charge in [-0.1, -0.05) is 45.2 Å². The number of nitriles is 1. The average Bonchev–Trinajstić information content (AvgIpc) is 3.62. The van der Waals surface area contributed by atoms with Crippen LogP contribution in [0.1, 0.15) is 101 Å². The molecule has 1 unspecified atom stereocenters. The molecule has 0 spiro atoms. The summed E-state index contributed by atoms with van der Waals surface area (Å²) in [5.41, 5.74) is 3.11. The van der Waals surface area contributed by atoms with Gasteiger partial charge in [0.05, 0.1) is 39.5 Å². The van der Waals surface area contributed by atoms with Gasteiger partial charge in [-0.05, 0) is 80.7 Å².